The van der Waals surface area contributed by atoms with Crippen molar-refractivity contribution in [1.82, 2.24) is 4.98 Å². The summed E-state index contributed by atoms with van der Waals surface area (Å²) in [7, 11) is 0. The second-order valence-electron chi connectivity index (χ2n) is 2.31. The minimum absolute atomic E-state index is 0.436. The Hall–Kier alpha value is -1.11. The first-order chi connectivity index (χ1) is 6.43. The van der Waals surface area contributed by atoms with E-state index in [9.17, 15) is 18.0 Å². The zero-order valence-electron chi connectivity index (χ0n) is 6.47. The molecule has 0 bridgehead atoms. The molecule has 76 valence electrons. The zero-order chi connectivity index (χ0) is 10.9. The number of halogens is 4. The van der Waals surface area contributed by atoms with Gasteiger partial charge in [-0.2, -0.15) is 4.39 Å². The quantitative estimate of drug-likeness (QED) is 0.840. The first-order valence-corrected chi connectivity index (χ1v) is 4.10. The standard InChI is InChI=1S/C7H3BrF3NO2/c8-4-2(7(13)14)1-3(5(9)10)12-6(4)11/h1,5H,(H,13,14). The molecule has 1 rings (SSSR count). The van der Waals surface area contributed by atoms with Crippen LogP contribution in [0.1, 0.15) is 22.5 Å². The molecule has 0 saturated carbocycles. The van der Waals surface area contributed by atoms with Crippen LogP contribution in [0.3, 0.4) is 0 Å². The van der Waals surface area contributed by atoms with Gasteiger partial charge in [0.15, 0.2) is 0 Å². The SMILES string of the molecule is O=C(O)c1cc(C(F)F)nc(F)c1Br. The monoisotopic (exact) mass is 269 g/mol. The van der Waals surface area contributed by atoms with Crippen LogP contribution in [0.2, 0.25) is 0 Å². The molecule has 0 saturated heterocycles. The maximum atomic E-state index is 12.8. The molecule has 1 aromatic rings. The molecule has 7 heteroatoms. The molecule has 0 aromatic carbocycles. The highest BCUT2D eigenvalue weighted by molar-refractivity contribution is 9.10. The first kappa shape index (κ1) is 11.0. The smallest absolute Gasteiger partial charge is 0.337 e. The molecular formula is C7H3BrF3NO2. The van der Waals surface area contributed by atoms with Crippen LogP contribution in [0, 0.1) is 5.95 Å². The maximum absolute atomic E-state index is 12.8. The van der Waals surface area contributed by atoms with Crippen LogP contribution in [0.4, 0.5) is 13.2 Å². The van der Waals surface area contributed by atoms with Gasteiger partial charge < -0.3 is 5.11 Å². The lowest BCUT2D eigenvalue weighted by Gasteiger charge is -2.03. The fraction of sp³-hybridized carbons (Fsp3) is 0.143. The van der Waals surface area contributed by atoms with Gasteiger partial charge in [0.05, 0.1) is 10.0 Å². The van der Waals surface area contributed by atoms with Crippen LogP contribution < -0.4 is 0 Å². The van der Waals surface area contributed by atoms with Gasteiger partial charge in [0.25, 0.3) is 6.43 Å². The van der Waals surface area contributed by atoms with Crippen molar-refractivity contribution in [1.29, 1.82) is 0 Å². The van der Waals surface area contributed by atoms with Gasteiger partial charge in [0.2, 0.25) is 5.95 Å². The second kappa shape index (κ2) is 3.95. The lowest BCUT2D eigenvalue weighted by atomic mass is 10.2. The Bertz CT molecular complexity index is 383. The summed E-state index contributed by atoms with van der Waals surface area (Å²) in [6.07, 6.45) is -3.00. The van der Waals surface area contributed by atoms with E-state index in [2.05, 4.69) is 20.9 Å². The van der Waals surface area contributed by atoms with Crippen molar-refractivity contribution in [2.45, 2.75) is 6.43 Å². The zero-order valence-corrected chi connectivity index (χ0v) is 8.06. The van der Waals surface area contributed by atoms with E-state index < -0.39 is 34.1 Å². The highest BCUT2D eigenvalue weighted by Crippen LogP contribution is 2.25. The highest BCUT2D eigenvalue weighted by Gasteiger charge is 2.19. The molecule has 14 heavy (non-hydrogen) atoms. The van der Waals surface area contributed by atoms with E-state index in [0.717, 1.165) is 0 Å². The number of carboxylic acids is 1. The summed E-state index contributed by atoms with van der Waals surface area (Å²) < 4.78 is 36.5. The van der Waals surface area contributed by atoms with Crippen LogP contribution in [-0.2, 0) is 0 Å². The van der Waals surface area contributed by atoms with Crippen LogP contribution in [0.5, 0.6) is 0 Å². The van der Waals surface area contributed by atoms with Crippen molar-refractivity contribution in [2.75, 3.05) is 0 Å². The summed E-state index contributed by atoms with van der Waals surface area (Å²) in [5.74, 6) is -2.76. The van der Waals surface area contributed by atoms with E-state index in [1.54, 1.807) is 0 Å². The molecule has 0 unspecified atom stereocenters. The van der Waals surface area contributed by atoms with Crippen LogP contribution in [0.15, 0.2) is 10.5 Å². The van der Waals surface area contributed by atoms with Crippen molar-refractivity contribution >= 4 is 21.9 Å². The number of rotatable bonds is 2. The van der Waals surface area contributed by atoms with Gasteiger partial charge in [-0.15, -0.1) is 0 Å². The van der Waals surface area contributed by atoms with Crippen molar-refractivity contribution in [2.24, 2.45) is 0 Å². The summed E-state index contributed by atoms with van der Waals surface area (Å²) in [6, 6.07) is 0.625. The molecule has 0 aliphatic carbocycles. The molecule has 0 atom stereocenters. The molecule has 0 aliphatic heterocycles. The van der Waals surface area contributed by atoms with Crippen molar-refractivity contribution in [3.63, 3.8) is 0 Å². The second-order valence-corrected chi connectivity index (χ2v) is 3.10. The number of pyridine rings is 1. The van der Waals surface area contributed by atoms with Gasteiger partial charge >= 0.3 is 5.97 Å². The minimum Gasteiger partial charge on any atom is -0.478 e. The molecule has 0 aliphatic rings. The van der Waals surface area contributed by atoms with E-state index in [1.807, 2.05) is 0 Å². The summed E-state index contributed by atoms with van der Waals surface area (Å²) in [5, 5.41) is 8.53. The van der Waals surface area contributed by atoms with Crippen molar-refractivity contribution in [3.05, 3.63) is 27.7 Å². The van der Waals surface area contributed by atoms with Crippen molar-refractivity contribution in [3.8, 4) is 0 Å². The number of aromatic nitrogens is 1. The van der Waals surface area contributed by atoms with Crippen LogP contribution in [-0.4, -0.2) is 16.1 Å². The Labute approximate surface area is 84.7 Å². The summed E-state index contributed by atoms with van der Waals surface area (Å²) in [6.45, 7) is 0. The van der Waals surface area contributed by atoms with E-state index in [0.29, 0.717) is 6.07 Å². The third-order valence-corrected chi connectivity index (χ3v) is 2.15. The predicted molar refractivity (Wildman–Crippen MR) is 43.8 cm³/mol. The van der Waals surface area contributed by atoms with E-state index in [-0.39, 0.29) is 0 Å². The number of hydrogen-bond acceptors (Lipinski definition) is 2. The molecule has 3 nitrogen and oxygen atoms in total. The third kappa shape index (κ3) is 2.03. The molecule has 1 N–H and O–H groups in total. The average Bonchev–Trinajstić information content (AvgIpc) is 2.08. The summed E-state index contributed by atoms with van der Waals surface area (Å²) in [4.78, 5) is 13.4. The molecule has 0 amide bonds. The topological polar surface area (TPSA) is 50.2 Å². The summed E-state index contributed by atoms with van der Waals surface area (Å²) in [5.41, 5.74) is -1.48. The Morgan fingerprint density at radius 3 is 2.57 bits per heavy atom. The normalized spacial score (nSPS) is 10.6. The lowest BCUT2D eigenvalue weighted by Crippen LogP contribution is -2.04. The Balaban J connectivity index is 3.35. The Kier molecular flexibility index (Phi) is 3.10. The van der Waals surface area contributed by atoms with Crippen LogP contribution >= 0.6 is 15.9 Å². The minimum atomic E-state index is -3.00. The molecule has 0 fully saturated rings. The molecular weight excluding hydrogens is 267 g/mol. The number of aromatic carboxylic acids is 1. The molecule has 0 spiro atoms. The Morgan fingerprint density at radius 1 is 1.57 bits per heavy atom. The van der Waals surface area contributed by atoms with Gasteiger partial charge in [-0.05, 0) is 22.0 Å². The van der Waals surface area contributed by atoms with E-state index in [1.165, 1.54) is 0 Å². The number of carboxylic acid groups (broad SMARTS) is 1. The maximum Gasteiger partial charge on any atom is 0.337 e. The average molecular weight is 270 g/mol. The fourth-order valence-electron chi connectivity index (χ4n) is 0.784. The highest BCUT2D eigenvalue weighted by atomic mass is 79.9. The van der Waals surface area contributed by atoms with Gasteiger partial charge in [-0.1, -0.05) is 0 Å². The van der Waals surface area contributed by atoms with Gasteiger partial charge in [-0.3, -0.25) is 0 Å². The predicted octanol–water partition coefficient (Wildman–Crippen LogP) is 2.62. The number of nitrogens with zero attached hydrogens (tertiary/aromatic N) is 1. The van der Waals surface area contributed by atoms with Crippen molar-refractivity contribution < 1.29 is 23.1 Å². The van der Waals surface area contributed by atoms with Gasteiger partial charge in [0.1, 0.15) is 5.69 Å². The van der Waals surface area contributed by atoms with Gasteiger partial charge in [-0.25, -0.2) is 18.6 Å². The van der Waals surface area contributed by atoms with Gasteiger partial charge in [0, 0.05) is 0 Å². The number of carbonyl (C=O) groups is 1. The number of hydrogen-bond donors (Lipinski definition) is 1. The molecule has 0 radical (unpaired) electrons. The number of alkyl halides is 2. The lowest BCUT2D eigenvalue weighted by molar-refractivity contribution is 0.0694. The molecule has 1 aromatic heterocycles. The van der Waals surface area contributed by atoms with E-state index in [4.69, 9.17) is 5.11 Å². The Morgan fingerprint density at radius 2 is 2.14 bits per heavy atom. The first-order valence-electron chi connectivity index (χ1n) is 3.31. The fourth-order valence-corrected chi connectivity index (χ4v) is 1.16. The van der Waals surface area contributed by atoms with Crippen LogP contribution in [0.25, 0.3) is 0 Å². The molecule has 1 heterocycles. The third-order valence-electron chi connectivity index (χ3n) is 1.39. The van der Waals surface area contributed by atoms with E-state index >= 15 is 0 Å². The largest absolute Gasteiger partial charge is 0.478 e. The summed E-state index contributed by atoms with van der Waals surface area (Å²) >= 11 is 2.60.